The van der Waals surface area contributed by atoms with Crippen molar-refractivity contribution in [3.8, 4) is 11.5 Å². The van der Waals surface area contributed by atoms with Crippen molar-refractivity contribution in [2.24, 2.45) is 10.1 Å². The van der Waals surface area contributed by atoms with Gasteiger partial charge in [0.15, 0.2) is 5.84 Å². The highest BCUT2D eigenvalue weighted by Gasteiger charge is 2.36. The van der Waals surface area contributed by atoms with Crippen molar-refractivity contribution in [3.63, 3.8) is 0 Å². The van der Waals surface area contributed by atoms with Crippen molar-refractivity contribution < 1.29 is 14.3 Å². The summed E-state index contributed by atoms with van der Waals surface area (Å²) in [5.41, 5.74) is 5.46. The van der Waals surface area contributed by atoms with Crippen molar-refractivity contribution in [2.45, 2.75) is 27.2 Å². The lowest BCUT2D eigenvalue weighted by atomic mass is 10.1. The molecular formula is C30H28N4O3S. The van der Waals surface area contributed by atoms with E-state index in [9.17, 15) is 4.79 Å². The Bertz CT molecular complexity index is 1470. The van der Waals surface area contributed by atoms with Crippen LogP contribution in [0.3, 0.4) is 0 Å². The number of fused-ring (bicyclic) bond motifs is 1. The molecule has 0 atom stereocenters. The van der Waals surface area contributed by atoms with Gasteiger partial charge in [0.1, 0.15) is 29.8 Å². The molecule has 0 fully saturated rings. The van der Waals surface area contributed by atoms with Crippen molar-refractivity contribution in [1.82, 2.24) is 5.01 Å². The van der Waals surface area contributed by atoms with Gasteiger partial charge in [-0.15, -0.1) is 0 Å². The van der Waals surface area contributed by atoms with Gasteiger partial charge in [-0.05, 0) is 79.1 Å². The maximum atomic E-state index is 12.7. The van der Waals surface area contributed by atoms with Gasteiger partial charge in [0, 0.05) is 5.56 Å². The molecule has 0 radical (unpaired) electrons. The third kappa shape index (κ3) is 5.70. The first-order chi connectivity index (χ1) is 18.4. The molecule has 2 aliphatic heterocycles. The maximum absolute atomic E-state index is 12.7. The smallest absolute Gasteiger partial charge is 0.283 e. The Kier molecular flexibility index (Phi) is 7.42. The van der Waals surface area contributed by atoms with Crippen molar-refractivity contribution in [1.29, 1.82) is 5.41 Å². The van der Waals surface area contributed by atoms with Crippen LogP contribution in [-0.2, 0) is 11.2 Å². The average molecular weight is 525 g/mol. The van der Waals surface area contributed by atoms with Crippen LogP contribution in [0.4, 0.5) is 0 Å². The van der Waals surface area contributed by atoms with Gasteiger partial charge in [-0.2, -0.15) is 15.1 Å². The molecule has 0 bridgehead atoms. The molecule has 2 heterocycles. The van der Waals surface area contributed by atoms with E-state index in [2.05, 4.69) is 36.1 Å². The molecule has 0 aromatic heterocycles. The van der Waals surface area contributed by atoms with E-state index in [4.69, 9.17) is 14.9 Å². The lowest BCUT2D eigenvalue weighted by Crippen LogP contribution is -2.35. The van der Waals surface area contributed by atoms with Crippen LogP contribution in [0.15, 0.2) is 82.4 Å². The van der Waals surface area contributed by atoms with Crippen LogP contribution in [0.25, 0.3) is 6.08 Å². The summed E-state index contributed by atoms with van der Waals surface area (Å²) in [5.74, 6) is 1.11. The summed E-state index contributed by atoms with van der Waals surface area (Å²) in [5, 5.41) is 15.7. The maximum Gasteiger partial charge on any atom is 0.283 e. The van der Waals surface area contributed by atoms with E-state index in [0.717, 1.165) is 28.9 Å². The minimum Gasteiger partial charge on any atom is -0.490 e. The topological polar surface area (TPSA) is 87.3 Å². The number of thioether (sulfide) groups is 1. The number of nitrogens with one attached hydrogen (secondary N) is 1. The van der Waals surface area contributed by atoms with Gasteiger partial charge in [0.2, 0.25) is 5.17 Å². The van der Waals surface area contributed by atoms with Gasteiger partial charge in [0.05, 0.1) is 5.57 Å². The van der Waals surface area contributed by atoms with Gasteiger partial charge in [-0.25, -0.2) is 0 Å². The monoisotopic (exact) mass is 524 g/mol. The zero-order valence-corrected chi connectivity index (χ0v) is 22.3. The van der Waals surface area contributed by atoms with Crippen LogP contribution >= 0.6 is 11.8 Å². The largest absolute Gasteiger partial charge is 0.490 e. The summed E-state index contributed by atoms with van der Waals surface area (Å²) in [4.78, 5) is 16.9. The third-order valence-electron chi connectivity index (χ3n) is 6.08. The van der Waals surface area contributed by atoms with E-state index in [-0.39, 0.29) is 11.4 Å². The molecule has 3 aromatic carbocycles. The van der Waals surface area contributed by atoms with Crippen molar-refractivity contribution in [3.05, 3.63) is 100 Å². The Morgan fingerprint density at radius 2 is 1.63 bits per heavy atom. The number of aliphatic imine (C=N–C) groups is 1. The number of rotatable bonds is 8. The summed E-state index contributed by atoms with van der Waals surface area (Å²) in [6.07, 6.45) is 2.62. The Labute approximate surface area is 226 Å². The molecule has 0 aliphatic carbocycles. The number of hydrogen-bond donors (Lipinski definition) is 1. The number of amides is 1. The molecule has 2 aliphatic rings. The molecule has 1 N–H and O–H groups in total. The summed E-state index contributed by atoms with van der Waals surface area (Å²) in [7, 11) is 0. The van der Waals surface area contributed by atoms with E-state index >= 15 is 0 Å². The van der Waals surface area contributed by atoms with E-state index in [0.29, 0.717) is 29.2 Å². The normalized spacial score (nSPS) is 15.9. The first-order valence-corrected chi connectivity index (χ1v) is 13.2. The van der Waals surface area contributed by atoms with Gasteiger partial charge < -0.3 is 9.47 Å². The summed E-state index contributed by atoms with van der Waals surface area (Å²) in [6.45, 7) is 7.05. The molecule has 7 nitrogen and oxygen atoms in total. The number of benzene rings is 3. The van der Waals surface area contributed by atoms with Crippen molar-refractivity contribution >= 4 is 39.8 Å². The quantitative estimate of drug-likeness (QED) is 0.289. The molecule has 0 saturated heterocycles. The second-order valence-corrected chi connectivity index (χ2v) is 10.0. The third-order valence-corrected chi connectivity index (χ3v) is 7.04. The summed E-state index contributed by atoms with van der Waals surface area (Å²) >= 11 is 1.29. The number of ether oxygens (including phenoxy) is 2. The van der Waals surface area contributed by atoms with Gasteiger partial charge in [-0.3, -0.25) is 10.2 Å². The summed E-state index contributed by atoms with van der Waals surface area (Å²) < 4.78 is 11.7. The Hall–Kier alpha value is -4.17. The van der Waals surface area contributed by atoms with Crippen LogP contribution in [-0.4, -0.2) is 40.2 Å². The predicted molar refractivity (Wildman–Crippen MR) is 153 cm³/mol. The van der Waals surface area contributed by atoms with Gasteiger partial charge in [-0.1, -0.05) is 55.0 Å². The number of nitrogens with zero attached hydrogens (tertiary/aromatic N) is 3. The number of hydrogen-bond acceptors (Lipinski definition) is 6. The molecule has 5 rings (SSSR count). The SMILES string of the molecule is CCc1cc(C)cc(OCCOc2ccc(/C=C3/C(=N)N4N=C(c5ccc(C)cc5)SC4=NC3=O)cc2)c1. The van der Waals surface area contributed by atoms with Crippen LogP contribution in [0, 0.1) is 19.3 Å². The highest BCUT2D eigenvalue weighted by atomic mass is 32.2. The zero-order valence-electron chi connectivity index (χ0n) is 21.5. The van der Waals surface area contributed by atoms with E-state index in [1.165, 1.54) is 27.9 Å². The highest BCUT2D eigenvalue weighted by Crippen LogP contribution is 2.31. The first kappa shape index (κ1) is 25.5. The van der Waals surface area contributed by atoms with E-state index in [1.54, 1.807) is 6.08 Å². The highest BCUT2D eigenvalue weighted by molar-refractivity contribution is 8.27. The Morgan fingerprint density at radius 1 is 0.921 bits per heavy atom. The minimum atomic E-state index is -0.450. The molecule has 1 amide bonds. The van der Waals surface area contributed by atoms with Crippen molar-refractivity contribution in [2.75, 3.05) is 13.2 Å². The average Bonchev–Trinajstić information content (AvgIpc) is 3.34. The van der Waals surface area contributed by atoms with E-state index < -0.39 is 5.91 Å². The fourth-order valence-corrected chi connectivity index (χ4v) is 4.96. The van der Waals surface area contributed by atoms with Gasteiger partial charge in [0.25, 0.3) is 5.91 Å². The minimum absolute atomic E-state index is 0.00876. The number of carbonyl (C=O) groups is 1. The molecule has 38 heavy (non-hydrogen) atoms. The number of hydrazone groups is 1. The van der Waals surface area contributed by atoms with Crippen LogP contribution in [0.2, 0.25) is 0 Å². The molecular weight excluding hydrogens is 496 g/mol. The van der Waals surface area contributed by atoms with Crippen LogP contribution in [0.5, 0.6) is 11.5 Å². The zero-order chi connectivity index (χ0) is 26.6. The fraction of sp³-hybridized carbons (Fsp3) is 0.200. The number of aryl methyl sites for hydroxylation is 3. The molecule has 8 heteroatoms. The molecule has 192 valence electrons. The van der Waals surface area contributed by atoms with Crippen LogP contribution < -0.4 is 9.47 Å². The number of carbonyl (C=O) groups excluding carboxylic acids is 1. The molecule has 0 spiro atoms. The fourth-order valence-electron chi connectivity index (χ4n) is 4.06. The second-order valence-electron chi connectivity index (χ2n) is 9.07. The predicted octanol–water partition coefficient (Wildman–Crippen LogP) is 5.99. The Balaban J connectivity index is 1.21. The molecule has 0 unspecified atom stereocenters. The lowest BCUT2D eigenvalue weighted by Gasteiger charge is -2.20. The second kappa shape index (κ2) is 11.1. The van der Waals surface area contributed by atoms with E-state index in [1.807, 2.05) is 61.5 Å². The lowest BCUT2D eigenvalue weighted by molar-refractivity contribution is -0.114. The standard InChI is InChI=1S/C30H28N4O3S/c1-4-21-15-20(3)16-25(17-21)37-14-13-36-24-11-7-22(8-12-24)18-26-27(31)34-30(32-28(26)35)38-29(33-34)23-9-5-19(2)6-10-23/h5-12,15-18,31H,4,13-14H2,1-3H3/b26-18-,31-27?. The van der Waals surface area contributed by atoms with Gasteiger partial charge >= 0.3 is 0 Å². The summed E-state index contributed by atoms with van der Waals surface area (Å²) in [6, 6.07) is 21.6. The Morgan fingerprint density at radius 3 is 2.34 bits per heavy atom. The number of amidine groups is 2. The molecule has 0 saturated carbocycles. The molecule has 3 aromatic rings. The first-order valence-electron chi connectivity index (χ1n) is 12.4. The van der Waals surface area contributed by atoms with Crippen LogP contribution in [0.1, 0.15) is 34.7 Å².